The van der Waals surface area contributed by atoms with Crippen LogP contribution in [0.15, 0.2) is 54.6 Å². The number of rotatable bonds is 7. The molecule has 1 aliphatic carbocycles. The van der Waals surface area contributed by atoms with Gasteiger partial charge in [-0.3, -0.25) is 0 Å². The van der Waals surface area contributed by atoms with Gasteiger partial charge in [0.25, 0.3) is 0 Å². The average Bonchev–Trinajstić information content (AvgIpc) is 3.70. The molecule has 0 saturated heterocycles. The van der Waals surface area contributed by atoms with Gasteiger partial charge in [-0.2, -0.15) is 0 Å². The smallest absolute Gasteiger partial charge is 0.146 e. The van der Waals surface area contributed by atoms with Gasteiger partial charge in [0.2, 0.25) is 0 Å². The highest BCUT2D eigenvalue weighted by Gasteiger charge is 2.43. The third kappa shape index (κ3) is 6.33. The van der Waals surface area contributed by atoms with Gasteiger partial charge in [-0.1, -0.05) is 132 Å². The standard InChI is InChI=1S/C47H60OSSi2/c1-30(2)50(31(3)4,32(5)6)23-19-39-41-25-36-17-13-14-18-37(36)26-42(41)40(20-24-51(33(7)8,34(9)10)35(11)12)44-29-45-38(27-43(39)44)28-46(49-45)47(48)21-15-16-22-47/h13-14,17-18,25-35,48H,15-16,21-22H2,1-12H3. The van der Waals surface area contributed by atoms with Crippen molar-refractivity contribution < 1.29 is 5.11 Å². The Bertz CT molecular complexity index is 2030. The van der Waals surface area contributed by atoms with Gasteiger partial charge in [0.1, 0.15) is 16.1 Å². The van der Waals surface area contributed by atoms with Crippen LogP contribution in [-0.2, 0) is 5.60 Å². The molecule has 0 spiro atoms. The molecule has 268 valence electrons. The van der Waals surface area contributed by atoms with E-state index in [0.29, 0.717) is 33.2 Å². The molecule has 0 radical (unpaired) electrons. The maximum atomic E-state index is 11.7. The van der Waals surface area contributed by atoms with E-state index < -0.39 is 21.7 Å². The molecule has 0 aliphatic heterocycles. The summed E-state index contributed by atoms with van der Waals surface area (Å²) in [5, 5.41) is 20.2. The molecule has 1 aliphatic rings. The first-order valence-electron chi connectivity index (χ1n) is 19.7. The minimum atomic E-state index is -2.02. The quantitative estimate of drug-likeness (QED) is 0.100. The lowest BCUT2D eigenvalue weighted by Gasteiger charge is -2.38. The minimum Gasteiger partial charge on any atom is -0.384 e. The summed E-state index contributed by atoms with van der Waals surface area (Å²) in [5.41, 5.74) is 13.1. The Kier molecular flexibility index (Phi) is 10.5. The lowest BCUT2D eigenvalue weighted by molar-refractivity contribution is 0.0484. The SMILES string of the molecule is CC(C)[Si](C#Cc1c2cc3ccccc3cc2c(C#C[Si](C(C)C)(C(C)C)C(C)C)c2cc3sc(C4(O)CCCC4)cc3cc12)(C(C)C)C(C)C. The first kappa shape index (κ1) is 37.9. The molecular formula is C47H60OSSi2. The Hall–Kier alpha value is -2.87. The molecule has 0 amide bonds. The molecule has 1 nitrogen and oxygen atoms in total. The van der Waals surface area contributed by atoms with Crippen molar-refractivity contribution >= 4 is 69.9 Å². The van der Waals surface area contributed by atoms with Crippen LogP contribution in [0.25, 0.3) is 42.4 Å². The summed E-state index contributed by atoms with van der Waals surface area (Å²) in [7, 11) is -4.04. The van der Waals surface area contributed by atoms with Crippen LogP contribution < -0.4 is 0 Å². The molecular weight excluding hydrogens is 669 g/mol. The van der Waals surface area contributed by atoms with E-state index in [0.717, 1.165) is 41.7 Å². The monoisotopic (exact) mass is 728 g/mol. The molecule has 1 saturated carbocycles. The fraction of sp³-hybridized carbons (Fsp3) is 0.489. The zero-order chi connectivity index (χ0) is 37.0. The Morgan fingerprint density at radius 3 is 1.31 bits per heavy atom. The Balaban J connectivity index is 1.81. The lowest BCUT2D eigenvalue weighted by atomic mass is 9.90. The number of hydrogen-bond acceptors (Lipinski definition) is 2. The Morgan fingerprint density at radius 1 is 0.549 bits per heavy atom. The number of aliphatic hydroxyl groups is 1. The predicted molar refractivity (Wildman–Crippen MR) is 233 cm³/mol. The van der Waals surface area contributed by atoms with Crippen LogP contribution in [0.2, 0.25) is 33.2 Å². The van der Waals surface area contributed by atoms with Crippen LogP contribution in [0.1, 0.15) is 125 Å². The summed E-state index contributed by atoms with van der Waals surface area (Å²) in [6.45, 7) is 28.9. The van der Waals surface area contributed by atoms with Gasteiger partial charge in [0.15, 0.2) is 0 Å². The van der Waals surface area contributed by atoms with Crippen molar-refractivity contribution in [2.45, 2.75) is 148 Å². The van der Waals surface area contributed by atoms with Gasteiger partial charge in [0.05, 0.1) is 5.60 Å². The van der Waals surface area contributed by atoms with Gasteiger partial charge in [-0.05, 0) is 109 Å². The molecule has 5 aromatic rings. The molecule has 1 heterocycles. The highest BCUT2D eigenvalue weighted by molar-refractivity contribution is 7.19. The number of thiophene rings is 1. The third-order valence-corrected chi connectivity index (χ3v) is 26.9. The third-order valence-electron chi connectivity index (χ3n) is 13.0. The molecule has 4 heteroatoms. The van der Waals surface area contributed by atoms with Crippen LogP contribution in [-0.4, -0.2) is 21.3 Å². The first-order valence-corrected chi connectivity index (χ1v) is 25.0. The Labute approximate surface area is 314 Å². The van der Waals surface area contributed by atoms with Crippen molar-refractivity contribution in [3.63, 3.8) is 0 Å². The van der Waals surface area contributed by atoms with Crippen LogP contribution in [0.4, 0.5) is 0 Å². The maximum absolute atomic E-state index is 11.7. The minimum absolute atomic E-state index is 0.549. The highest BCUT2D eigenvalue weighted by atomic mass is 32.1. The second-order valence-electron chi connectivity index (χ2n) is 17.6. The molecule has 0 unspecified atom stereocenters. The number of benzene rings is 4. The van der Waals surface area contributed by atoms with E-state index in [2.05, 4.69) is 161 Å². The van der Waals surface area contributed by atoms with Crippen LogP contribution in [0.3, 0.4) is 0 Å². The fourth-order valence-electron chi connectivity index (χ4n) is 10.4. The summed E-state index contributed by atoms with van der Waals surface area (Å²) in [6, 6.07) is 20.6. The van der Waals surface area contributed by atoms with Crippen LogP contribution >= 0.6 is 11.3 Å². The maximum Gasteiger partial charge on any atom is 0.146 e. The molecule has 6 rings (SSSR count). The van der Waals surface area contributed by atoms with E-state index in [1.54, 1.807) is 11.3 Å². The second-order valence-corrected chi connectivity index (χ2v) is 29.8. The van der Waals surface area contributed by atoms with Crippen molar-refractivity contribution in [3.8, 4) is 22.9 Å². The van der Waals surface area contributed by atoms with E-state index in [1.165, 1.54) is 42.4 Å². The summed E-state index contributed by atoms with van der Waals surface area (Å²) in [6.07, 6.45) is 3.88. The van der Waals surface area contributed by atoms with Gasteiger partial charge in [-0.25, -0.2) is 0 Å². The van der Waals surface area contributed by atoms with Crippen LogP contribution in [0, 0.1) is 22.9 Å². The van der Waals surface area contributed by atoms with Crippen molar-refractivity contribution in [2.24, 2.45) is 0 Å². The largest absolute Gasteiger partial charge is 0.384 e. The molecule has 1 fully saturated rings. The topological polar surface area (TPSA) is 20.2 Å². The summed E-state index contributed by atoms with van der Waals surface area (Å²) < 4.78 is 1.23. The fourth-order valence-corrected chi connectivity index (χ4v) is 22.0. The molecule has 0 atom stereocenters. The van der Waals surface area contributed by atoms with E-state index >= 15 is 0 Å². The average molecular weight is 729 g/mol. The van der Waals surface area contributed by atoms with Crippen molar-refractivity contribution in [2.75, 3.05) is 0 Å². The highest BCUT2D eigenvalue weighted by Crippen LogP contribution is 2.47. The van der Waals surface area contributed by atoms with Gasteiger partial charge < -0.3 is 5.11 Å². The lowest BCUT2D eigenvalue weighted by Crippen LogP contribution is -2.43. The van der Waals surface area contributed by atoms with Gasteiger partial charge >= 0.3 is 0 Å². The molecule has 1 N–H and O–H groups in total. The predicted octanol–water partition coefficient (Wildman–Crippen LogP) is 14.3. The van der Waals surface area contributed by atoms with E-state index in [-0.39, 0.29) is 0 Å². The zero-order valence-corrected chi connectivity index (χ0v) is 36.2. The Morgan fingerprint density at radius 2 is 0.922 bits per heavy atom. The summed E-state index contributed by atoms with van der Waals surface area (Å²) in [4.78, 5) is 1.11. The first-order chi connectivity index (χ1) is 24.1. The van der Waals surface area contributed by atoms with E-state index in [4.69, 9.17) is 0 Å². The number of hydrogen-bond donors (Lipinski definition) is 1. The van der Waals surface area contributed by atoms with Crippen molar-refractivity contribution in [1.29, 1.82) is 0 Å². The molecule has 1 aromatic heterocycles. The number of fused-ring (bicyclic) bond motifs is 4. The normalized spacial score (nSPS) is 15.4. The van der Waals surface area contributed by atoms with Crippen molar-refractivity contribution in [1.82, 2.24) is 0 Å². The zero-order valence-electron chi connectivity index (χ0n) is 33.3. The molecule has 51 heavy (non-hydrogen) atoms. The van der Waals surface area contributed by atoms with Gasteiger partial charge in [0, 0.05) is 26.1 Å². The van der Waals surface area contributed by atoms with Crippen LogP contribution in [0.5, 0.6) is 0 Å². The molecule has 4 aromatic carbocycles. The van der Waals surface area contributed by atoms with E-state index in [9.17, 15) is 5.11 Å². The summed E-state index contributed by atoms with van der Waals surface area (Å²) >= 11 is 1.78. The van der Waals surface area contributed by atoms with E-state index in [1.807, 2.05) is 0 Å². The molecule has 0 bridgehead atoms. The summed E-state index contributed by atoms with van der Waals surface area (Å²) in [5.74, 6) is 7.99. The second kappa shape index (κ2) is 14.2. The van der Waals surface area contributed by atoms with Gasteiger partial charge in [-0.15, -0.1) is 22.4 Å². The van der Waals surface area contributed by atoms with Crippen molar-refractivity contribution in [3.05, 3.63) is 70.6 Å².